The highest BCUT2D eigenvalue weighted by molar-refractivity contribution is 5.99. The van der Waals surface area contributed by atoms with Crippen LogP contribution in [0.2, 0.25) is 0 Å². The van der Waals surface area contributed by atoms with Crippen LogP contribution in [0.4, 0.5) is 11.4 Å². The summed E-state index contributed by atoms with van der Waals surface area (Å²) in [5.74, 6) is -0.984. The lowest BCUT2D eigenvalue weighted by atomic mass is 10.1. The number of unbranched alkanes of at least 4 members (excludes halogenated alkanes) is 1. The largest absolute Gasteiger partial charge is 0.442 e. The van der Waals surface area contributed by atoms with Crippen molar-refractivity contribution in [2.45, 2.75) is 52.7 Å². The highest BCUT2D eigenvalue weighted by Gasteiger charge is 2.64. The van der Waals surface area contributed by atoms with Gasteiger partial charge in [-0.15, -0.1) is 0 Å². The molecule has 6 heteroatoms. The van der Waals surface area contributed by atoms with Crippen LogP contribution in [0.3, 0.4) is 0 Å². The lowest BCUT2D eigenvalue weighted by molar-refractivity contribution is -0.150. The Morgan fingerprint density at radius 1 is 1.12 bits per heavy atom. The quantitative estimate of drug-likeness (QED) is 0.394. The van der Waals surface area contributed by atoms with E-state index in [2.05, 4.69) is 13.0 Å². The lowest BCUT2D eigenvalue weighted by Gasteiger charge is -2.22. The molecule has 1 amide bonds. The summed E-state index contributed by atoms with van der Waals surface area (Å²) in [6.07, 6.45) is 0.698. The van der Waals surface area contributed by atoms with Crippen LogP contribution < -0.4 is 4.90 Å². The van der Waals surface area contributed by atoms with Crippen LogP contribution in [-0.2, 0) is 19.1 Å². The van der Waals surface area contributed by atoms with E-state index < -0.39 is 18.0 Å². The molecule has 0 bridgehead atoms. The number of hydrogen-bond acceptors (Lipinski definition) is 5. The van der Waals surface area contributed by atoms with Gasteiger partial charge >= 0.3 is 5.97 Å². The first-order chi connectivity index (χ1) is 15.3. The van der Waals surface area contributed by atoms with Crippen LogP contribution in [0, 0.1) is 22.7 Å². The van der Waals surface area contributed by atoms with Crippen molar-refractivity contribution in [3.8, 4) is 6.07 Å². The maximum atomic E-state index is 12.8. The number of nitrogens with zero attached hydrogens (tertiary/aromatic N) is 2. The molecule has 0 aliphatic heterocycles. The number of benzene rings is 2. The Balaban J connectivity index is 1.77. The molecule has 1 fully saturated rings. The third-order valence-corrected chi connectivity index (χ3v) is 5.89. The molecule has 0 aromatic heterocycles. The Bertz CT molecular complexity index is 996. The van der Waals surface area contributed by atoms with E-state index in [-0.39, 0.29) is 17.4 Å². The molecule has 0 saturated heterocycles. The molecule has 0 heterocycles. The summed E-state index contributed by atoms with van der Waals surface area (Å²) in [4.78, 5) is 26.7. The first kappa shape index (κ1) is 23.5. The summed E-state index contributed by atoms with van der Waals surface area (Å²) >= 11 is 0. The molecule has 3 unspecified atom stereocenters. The smallest absolute Gasteiger partial charge is 0.313 e. The number of carbonyl (C=O) groups excluding carboxylic acids is 2. The SMILES string of the molecule is CCCCOC1C(C(=O)OC(C#N)c2cccc(N(C(C)=O)c3ccccc3)c2)C1(C)C. The van der Waals surface area contributed by atoms with Crippen molar-refractivity contribution in [1.29, 1.82) is 5.26 Å². The van der Waals surface area contributed by atoms with Crippen molar-refractivity contribution < 1.29 is 19.1 Å². The minimum atomic E-state index is -1.07. The molecule has 2 aromatic carbocycles. The molecule has 32 heavy (non-hydrogen) atoms. The number of anilines is 2. The summed E-state index contributed by atoms with van der Waals surface area (Å²) in [5.41, 5.74) is 1.52. The molecule has 1 aliphatic carbocycles. The van der Waals surface area contributed by atoms with Crippen LogP contribution in [0.25, 0.3) is 0 Å². The summed E-state index contributed by atoms with van der Waals surface area (Å²) in [6.45, 7) is 8.13. The Labute approximate surface area is 189 Å². The Hall–Kier alpha value is -3.17. The Kier molecular flexibility index (Phi) is 7.32. The molecule has 6 nitrogen and oxygen atoms in total. The monoisotopic (exact) mass is 434 g/mol. The lowest BCUT2D eigenvalue weighted by Crippen LogP contribution is -2.23. The fraction of sp³-hybridized carbons (Fsp3) is 0.423. The molecular weight excluding hydrogens is 404 g/mol. The number of hydrogen-bond donors (Lipinski definition) is 0. The Morgan fingerprint density at radius 2 is 1.81 bits per heavy atom. The van der Waals surface area contributed by atoms with E-state index in [0.29, 0.717) is 17.9 Å². The van der Waals surface area contributed by atoms with E-state index in [1.165, 1.54) is 6.92 Å². The molecule has 2 aromatic rings. The van der Waals surface area contributed by atoms with Gasteiger partial charge in [-0.1, -0.05) is 57.5 Å². The standard InChI is InChI=1S/C26H30N2O4/c1-5-6-15-31-24-23(26(24,3)4)25(30)32-22(17-27)19-11-10-14-21(16-19)28(18(2)29)20-12-8-7-9-13-20/h7-14,16,22-24H,5-6,15H2,1-4H3. The van der Waals surface area contributed by atoms with Gasteiger partial charge in [-0.2, -0.15) is 5.26 Å². The van der Waals surface area contributed by atoms with Gasteiger partial charge in [-0.25, -0.2) is 0 Å². The van der Waals surface area contributed by atoms with Gasteiger partial charge in [-0.05, 0) is 30.7 Å². The van der Waals surface area contributed by atoms with Crippen LogP contribution >= 0.6 is 0 Å². The summed E-state index contributed by atoms with van der Waals surface area (Å²) < 4.78 is 11.5. The molecule has 3 rings (SSSR count). The van der Waals surface area contributed by atoms with Crippen LogP contribution in [-0.4, -0.2) is 24.6 Å². The van der Waals surface area contributed by atoms with E-state index in [1.807, 2.05) is 44.2 Å². The molecule has 0 spiro atoms. The first-order valence-corrected chi connectivity index (χ1v) is 11.0. The summed E-state index contributed by atoms with van der Waals surface area (Å²) in [6, 6.07) is 18.3. The second kappa shape index (κ2) is 9.97. The van der Waals surface area contributed by atoms with Crippen molar-refractivity contribution >= 4 is 23.3 Å². The number of carbonyl (C=O) groups is 2. The van der Waals surface area contributed by atoms with Crippen molar-refractivity contribution in [1.82, 2.24) is 0 Å². The summed E-state index contributed by atoms with van der Waals surface area (Å²) in [7, 11) is 0. The van der Waals surface area contributed by atoms with Gasteiger partial charge in [0.05, 0.1) is 12.0 Å². The molecule has 0 radical (unpaired) electrons. The van der Waals surface area contributed by atoms with Gasteiger partial charge in [0.2, 0.25) is 12.0 Å². The third kappa shape index (κ3) is 5.00. The van der Waals surface area contributed by atoms with E-state index in [9.17, 15) is 14.9 Å². The number of ether oxygens (including phenoxy) is 2. The minimum absolute atomic E-state index is 0.161. The molecular formula is C26H30N2O4. The normalized spacial score (nSPS) is 19.5. The van der Waals surface area contributed by atoms with E-state index in [1.54, 1.807) is 29.2 Å². The second-order valence-corrected chi connectivity index (χ2v) is 8.67. The average molecular weight is 435 g/mol. The minimum Gasteiger partial charge on any atom is -0.442 e. The number of rotatable bonds is 9. The molecule has 168 valence electrons. The van der Waals surface area contributed by atoms with Gasteiger partial charge in [0, 0.05) is 35.9 Å². The van der Waals surface area contributed by atoms with Gasteiger partial charge in [-0.3, -0.25) is 14.5 Å². The highest BCUT2D eigenvalue weighted by atomic mass is 16.6. The zero-order valence-corrected chi connectivity index (χ0v) is 19.1. The molecule has 3 atom stereocenters. The second-order valence-electron chi connectivity index (χ2n) is 8.67. The van der Waals surface area contributed by atoms with Crippen molar-refractivity contribution in [3.05, 3.63) is 60.2 Å². The van der Waals surface area contributed by atoms with Crippen molar-refractivity contribution in [2.24, 2.45) is 11.3 Å². The highest BCUT2D eigenvalue weighted by Crippen LogP contribution is 2.55. The molecule has 0 N–H and O–H groups in total. The van der Waals surface area contributed by atoms with Gasteiger partial charge in [0.15, 0.2) is 0 Å². The van der Waals surface area contributed by atoms with E-state index >= 15 is 0 Å². The van der Waals surface area contributed by atoms with E-state index in [4.69, 9.17) is 9.47 Å². The molecule has 1 saturated carbocycles. The first-order valence-electron chi connectivity index (χ1n) is 11.0. The maximum absolute atomic E-state index is 12.8. The van der Waals surface area contributed by atoms with Crippen LogP contribution in [0.15, 0.2) is 54.6 Å². The van der Waals surface area contributed by atoms with E-state index in [0.717, 1.165) is 18.5 Å². The van der Waals surface area contributed by atoms with Gasteiger partial charge in [0.25, 0.3) is 0 Å². The molecule has 1 aliphatic rings. The third-order valence-electron chi connectivity index (χ3n) is 5.89. The zero-order valence-electron chi connectivity index (χ0n) is 19.1. The summed E-state index contributed by atoms with van der Waals surface area (Å²) in [5, 5.41) is 9.72. The number of nitriles is 1. The maximum Gasteiger partial charge on any atom is 0.313 e. The number of para-hydroxylation sites is 1. The average Bonchev–Trinajstić information content (AvgIpc) is 3.33. The zero-order chi connectivity index (χ0) is 23.3. The predicted octanol–water partition coefficient (Wildman–Crippen LogP) is 5.32. The van der Waals surface area contributed by atoms with Crippen molar-refractivity contribution in [2.75, 3.05) is 11.5 Å². The van der Waals surface area contributed by atoms with Gasteiger partial charge < -0.3 is 9.47 Å². The Morgan fingerprint density at radius 3 is 2.44 bits per heavy atom. The number of amides is 1. The number of esters is 1. The fourth-order valence-electron chi connectivity index (χ4n) is 3.96. The van der Waals surface area contributed by atoms with Crippen molar-refractivity contribution in [3.63, 3.8) is 0 Å². The van der Waals surface area contributed by atoms with Crippen LogP contribution in [0.1, 0.15) is 52.2 Å². The fourth-order valence-corrected chi connectivity index (χ4v) is 3.96. The predicted molar refractivity (Wildman–Crippen MR) is 122 cm³/mol. The van der Waals surface area contributed by atoms with Crippen LogP contribution in [0.5, 0.6) is 0 Å². The topological polar surface area (TPSA) is 79.6 Å². The van der Waals surface area contributed by atoms with Gasteiger partial charge in [0.1, 0.15) is 6.07 Å².